The molecule has 2 saturated heterocycles. The van der Waals surface area contributed by atoms with Crippen LogP contribution in [0.5, 0.6) is 5.75 Å². The van der Waals surface area contributed by atoms with E-state index in [0.717, 1.165) is 61.8 Å². The van der Waals surface area contributed by atoms with Crippen LogP contribution in [0.3, 0.4) is 0 Å². The van der Waals surface area contributed by atoms with Crippen molar-refractivity contribution in [3.05, 3.63) is 108 Å². The zero-order chi connectivity index (χ0) is 25.4. The molecule has 1 unspecified atom stereocenters. The van der Waals surface area contributed by atoms with Crippen molar-refractivity contribution in [2.75, 3.05) is 49.2 Å². The number of morpholine rings is 1. The summed E-state index contributed by atoms with van der Waals surface area (Å²) < 4.78 is 12.5. The first kappa shape index (κ1) is 23.4. The minimum absolute atomic E-state index is 0.671. The third-order valence-corrected chi connectivity index (χ3v) is 8.36. The number of fused-ring (bicyclic) bond motifs is 3. The SMILES string of the molecule is C1=CC(c2ccccc2)(c2ccc(N3CCCCC3)cc2)Oc2ccc3cc(N4CCOCC4)ccc3c21. The average Bonchev–Trinajstić information content (AvgIpc) is 3.02. The largest absolute Gasteiger partial charge is 0.473 e. The summed E-state index contributed by atoms with van der Waals surface area (Å²) in [6, 6.07) is 30.8. The molecule has 7 rings (SSSR count). The van der Waals surface area contributed by atoms with E-state index in [-0.39, 0.29) is 0 Å². The van der Waals surface area contributed by atoms with E-state index >= 15 is 0 Å². The van der Waals surface area contributed by atoms with Gasteiger partial charge in [-0.15, -0.1) is 0 Å². The number of ether oxygens (including phenoxy) is 2. The third kappa shape index (κ3) is 4.13. The summed E-state index contributed by atoms with van der Waals surface area (Å²) in [5, 5.41) is 2.46. The van der Waals surface area contributed by atoms with Crippen LogP contribution in [0.2, 0.25) is 0 Å². The fourth-order valence-electron chi connectivity index (χ4n) is 6.24. The molecule has 0 radical (unpaired) electrons. The molecule has 4 heteroatoms. The van der Waals surface area contributed by atoms with E-state index in [2.05, 4.69) is 107 Å². The van der Waals surface area contributed by atoms with Crippen LogP contribution in [0.4, 0.5) is 11.4 Å². The van der Waals surface area contributed by atoms with Gasteiger partial charge in [0.2, 0.25) is 0 Å². The van der Waals surface area contributed by atoms with E-state index in [9.17, 15) is 0 Å². The molecule has 1 atom stereocenters. The number of benzene rings is 4. The van der Waals surface area contributed by atoms with Crippen molar-refractivity contribution >= 4 is 28.2 Å². The summed E-state index contributed by atoms with van der Waals surface area (Å²) in [6.45, 7) is 5.75. The van der Waals surface area contributed by atoms with E-state index in [1.807, 2.05) is 0 Å². The first-order chi connectivity index (χ1) is 18.8. The minimum atomic E-state index is -0.671. The molecule has 192 valence electrons. The molecule has 38 heavy (non-hydrogen) atoms. The van der Waals surface area contributed by atoms with E-state index < -0.39 is 5.60 Å². The van der Waals surface area contributed by atoms with Crippen molar-refractivity contribution in [2.24, 2.45) is 0 Å². The third-order valence-electron chi connectivity index (χ3n) is 8.36. The van der Waals surface area contributed by atoms with Gasteiger partial charge < -0.3 is 19.3 Å². The Morgan fingerprint density at radius 2 is 1.34 bits per heavy atom. The van der Waals surface area contributed by atoms with E-state index in [1.165, 1.54) is 41.4 Å². The number of rotatable bonds is 4. The lowest BCUT2D eigenvalue weighted by molar-refractivity contribution is 0.122. The molecule has 0 aliphatic carbocycles. The normalized spacial score (nSPS) is 21.3. The molecule has 2 fully saturated rings. The molecule has 4 aromatic carbocycles. The maximum Gasteiger partial charge on any atom is 0.178 e. The van der Waals surface area contributed by atoms with Gasteiger partial charge in [-0.25, -0.2) is 0 Å². The van der Waals surface area contributed by atoms with Crippen LogP contribution in [0.15, 0.2) is 91.0 Å². The van der Waals surface area contributed by atoms with Crippen LogP contribution >= 0.6 is 0 Å². The van der Waals surface area contributed by atoms with Gasteiger partial charge in [-0.2, -0.15) is 0 Å². The van der Waals surface area contributed by atoms with Gasteiger partial charge in [-0.3, -0.25) is 0 Å². The van der Waals surface area contributed by atoms with Gasteiger partial charge >= 0.3 is 0 Å². The number of nitrogens with zero attached hydrogens (tertiary/aromatic N) is 2. The lowest BCUT2D eigenvalue weighted by Crippen LogP contribution is -2.36. The predicted molar refractivity (Wildman–Crippen MR) is 156 cm³/mol. The average molecular weight is 503 g/mol. The van der Waals surface area contributed by atoms with Crippen LogP contribution < -0.4 is 14.5 Å². The summed E-state index contributed by atoms with van der Waals surface area (Å²) in [4.78, 5) is 4.91. The molecular weight excluding hydrogens is 468 g/mol. The van der Waals surface area contributed by atoms with Gasteiger partial charge in [0, 0.05) is 54.2 Å². The molecular formula is C34H34N2O2. The summed E-state index contributed by atoms with van der Waals surface area (Å²) >= 11 is 0. The first-order valence-electron chi connectivity index (χ1n) is 14.0. The number of hydrogen-bond donors (Lipinski definition) is 0. The zero-order valence-electron chi connectivity index (χ0n) is 21.8. The number of hydrogen-bond acceptors (Lipinski definition) is 4. The Morgan fingerprint density at radius 3 is 2.13 bits per heavy atom. The molecule has 0 N–H and O–H groups in total. The van der Waals surface area contributed by atoms with E-state index in [4.69, 9.17) is 9.47 Å². The quantitative estimate of drug-likeness (QED) is 0.300. The molecule has 0 aromatic heterocycles. The predicted octanol–water partition coefficient (Wildman–Crippen LogP) is 7.02. The van der Waals surface area contributed by atoms with Gasteiger partial charge in [0.15, 0.2) is 5.60 Å². The second-order valence-electron chi connectivity index (χ2n) is 10.6. The second-order valence-corrected chi connectivity index (χ2v) is 10.6. The zero-order valence-corrected chi connectivity index (χ0v) is 21.8. The van der Waals surface area contributed by atoms with Crippen molar-refractivity contribution in [2.45, 2.75) is 24.9 Å². The molecule has 0 bridgehead atoms. The maximum atomic E-state index is 7.00. The molecule has 3 aliphatic rings. The molecule has 0 amide bonds. The topological polar surface area (TPSA) is 24.9 Å². The molecule has 3 heterocycles. The molecule has 0 saturated carbocycles. The highest BCUT2D eigenvalue weighted by atomic mass is 16.5. The van der Waals surface area contributed by atoms with Crippen molar-refractivity contribution in [3.8, 4) is 5.75 Å². The summed E-state index contributed by atoms with van der Waals surface area (Å²) in [7, 11) is 0. The van der Waals surface area contributed by atoms with Crippen molar-refractivity contribution in [3.63, 3.8) is 0 Å². The lowest BCUT2D eigenvalue weighted by atomic mass is 9.83. The van der Waals surface area contributed by atoms with Crippen LogP contribution in [0, 0.1) is 0 Å². The van der Waals surface area contributed by atoms with E-state index in [0.29, 0.717) is 0 Å². The number of anilines is 2. The van der Waals surface area contributed by atoms with Gasteiger partial charge in [-0.1, -0.05) is 54.6 Å². The van der Waals surface area contributed by atoms with Crippen LogP contribution in [-0.2, 0) is 10.3 Å². The Hall–Kier alpha value is -3.76. The standard InChI is InChI=1S/C34H34N2O2/c1-3-7-27(8-4-1)34(28-10-12-29(13-11-28)35-19-5-2-6-20-35)18-17-32-31-15-14-30(36-21-23-37-24-22-36)25-26(31)9-16-33(32)38-34/h1,3-4,7-18,25H,2,5-6,19-24H2. The summed E-state index contributed by atoms with van der Waals surface area (Å²) in [5.41, 5.74) is 5.32. The number of piperidine rings is 1. The van der Waals surface area contributed by atoms with Crippen LogP contribution in [0.25, 0.3) is 16.8 Å². The Balaban J connectivity index is 1.27. The smallest absolute Gasteiger partial charge is 0.178 e. The Labute approximate surface area is 225 Å². The monoisotopic (exact) mass is 502 g/mol. The first-order valence-corrected chi connectivity index (χ1v) is 14.0. The van der Waals surface area contributed by atoms with Crippen LogP contribution in [0.1, 0.15) is 36.0 Å². The fourth-order valence-corrected chi connectivity index (χ4v) is 6.24. The van der Waals surface area contributed by atoms with Crippen molar-refractivity contribution < 1.29 is 9.47 Å². The Morgan fingerprint density at radius 1 is 0.632 bits per heavy atom. The van der Waals surface area contributed by atoms with Gasteiger partial charge in [-0.05, 0) is 72.5 Å². The second kappa shape index (κ2) is 9.85. The van der Waals surface area contributed by atoms with E-state index in [1.54, 1.807) is 0 Å². The molecule has 4 aromatic rings. The van der Waals surface area contributed by atoms with Gasteiger partial charge in [0.1, 0.15) is 5.75 Å². The van der Waals surface area contributed by atoms with Crippen LogP contribution in [-0.4, -0.2) is 39.4 Å². The highest BCUT2D eigenvalue weighted by Gasteiger charge is 2.37. The summed E-state index contributed by atoms with van der Waals surface area (Å²) in [5.74, 6) is 0.920. The Bertz CT molecular complexity index is 1450. The fraction of sp³-hybridized carbons (Fsp3) is 0.294. The molecule has 3 aliphatic heterocycles. The van der Waals surface area contributed by atoms with Gasteiger partial charge in [0.05, 0.1) is 13.2 Å². The summed E-state index contributed by atoms with van der Waals surface area (Å²) in [6.07, 6.45) is 8.41. The van der Waals surface area contributed by atoms with Gasteiger partial charge in [0.25, 0.3) is 0 Å². The molecule has 0 spiro atoms. The molecule has 4 nitrogen and oxygen atoms in total. The highest BCUT2D eigenvalue weighted by Crippen LogP contribution is 2.44. The van der Waals surface area contributed by atoms with Crippen molar-refractivity contribution in [1.82, 2.24) is 0 Å². The minimum Gasteiger partial charge on any atom is -0.473 e. The highest BCUT2D eigenvalue weighted by molar-refractivity contribution is 5.96. The maximum absolute atomic E-state index is 7.00. The van der Waals surface area contributed by atoms with Crippen molar-refractivity contribution in [1.29, 1.82) is 0 Å². The lowest BCUT2D eigenvalue weighted by Gasteiger charge is -2.37. The Kier molecular flexibility index (Phi) is 6.05.